The van der Waals surface area contributed by atoms with Crippen LogP contribution in [-0.2, 0) is 33.8 Å². The van der Waals surface area contributed by atoms with Crippen molar-refractivity contribution in [3.63, 3.8) is 0 Å². The predicted octanol–water partition coefficient (Wildman–Crippen LogP) is 5.13. The van der Waals surface area contributed by atoms with Crippen molar-refractivity contribution < 1.29 is 23.4 Å². The first kappa shape index (κ1) is 28.1. The Morgan fingerprint density at radius 2 is 1.95 bits per heavy atom. The van der Waals surface area contributed by atoms with Gasteiger partial charge in [-0.3, -0.25) is 4.79 Å². The van der Waals surface area contributed by atoms with Crippen LogP contribution in [0.2, 0.25) is 0 Å². The van der Waals surface area contributed by atoms with Gasteiger partial charge in [0.2, 0.25) is 0 Å². The molecule has 5 rings (SSSR count). The smallest absolute Gasteiger partial charge is 0.313 e. The second kappa shape index (κ2) is 11.6. The van der Waals surface area contributed by atoms with Gasteiger partial charge in [-0.2, -0.15) is 0 Å². The molecule has 0 amide bonds. The first-order chi connectivity index (χ1) is 19.3. The van der Waals surface area contributed by atoms with Crippen molar-refractivity contribution in [2.75, 3.05) is 38.8 Å². The highest BCUT2D eigenvalue weighted by molar-refractivity contribution is 5.79. The van der Waals surface area contributed by atoms with Crippen LogP contribution in [0, 0.1) is 25.1 Å². The van der Waals surface area contributed by atoms with E-state index in [0.717, 1.165) is 45.9 Å². The molecule has 3 heterocycles. The fourth-order valence-corrected chi connectivity index (χ4v) is 6.14. The van der Waals surface area contributed by atoms with E-state index >= 15 is 4.39 Å². The van der Waals surface area contributed by atoms with Crippen molar-refractivity contribution in [3.8, 4) is 17.0 Å². The zero-order valence-corrected chi connectivity index (χ0v) is 24.0. The maximum absolute atomic E-state index is 15.5. The number of aryl methyl sites for hydroxylation is 2. The molecular weight excluding hydrogens is 509 g/mol. The average molecular weight is 548 g/mol. The Bertz CT molecular complexity index is 1410. The molecule has 1 fully saturated rings. The number of anilines is 1. The standard InChI is InChI=1S/C32H38FN3O4/c1-20-8-6-9-24(30(20)40-18-22-16-21(2)25-17-34-14-12-23(25)29(22)33)26-10-7-11-28(35-26)36-15-13-32(3,31(37)39-5)27(36)19-38-4/h6-11,16,27,34H,12-15,17-19H2,1-5H3/t27?,32-/m1/s1. The fraction of sp³-hybridized carbons (Fsp3) is 0.438. The van der Waals surface area contributed by atoms with Gasteiger partial charge in [0.05, 0.1) is 30.9 Å². The minimum atomic E-state index is -0.701. The molecule has 0 bridgehead atoms. The highest BCUT2D eigenvalue weighted by atomic mass is 19.1. The van der Waals surface area contributed by atoms with E-state index in [-0.39, 0.29) is 24.4 Å². The van der Waals surface area contributed by atoms with E-state index in [2.05, 4.69) is 10.2 Å². The molecule has 2 aliphatic rings. The third-order valence-electron chi connectivity index (χ3n) is 8.48. The van der Waals surface area contributed by atoms with Crippen LogP contribution >= 0.6 is 0 Å². The number of ether oxygens (including phenoxy) is 3. The lowest BCUT2D eigenvalue weighted by molar-refractivity contribution is -0.152. The van der Waals surface area contributed by atoms with Crippen LogP contribution in [0.3, 0.4) is 0 Å². The van der Waals surface area contributed by atoms with Crippen LogP contribution in [-0.4, -0.2) is 50.9 Å². The van der Waals surface area contributed by atoms with Crippen molar-refractivity contribution in [1.82, 2.24) is 10.3 Å². The molecule has 40 heavy (non-hydrogen) atoms. The molecular formula is C32H38FN3O4. The van der Waals surface area contributed by atoms with Gasteiger partial charge in [0, 0.05) is 31.3 Å². The molecule has 212 valence electrons. The van der Waals surface area contributed by atoms with E-state index in [0.29, 0.717) is 43.9 Å². The van der Waals surface area contributed by atoms with E-state index < -0.39 is 5.41 Å². The van der Waals surface area contributed by atoms with Crippen LogP contribution in [0.5, 0.6) is 5.75 Å². The number of aromatic nitrogens is 1. The van der Waals surface area contributed by atoms with Crippen molar-refractivity contribution in [3.05, 3.63) is 76.1 Å². The van der Waals surface area contributed by atoms with Gasteiger partial charge in [-0.25, -0.2) is 9.37 Å². The molecule has 0 spiro atoms. The number of fused-ring (bicyclic) bond motifs is 1. The van der Waals surface area contributed by atoms with Crippen molar-refractivity contribution in [2.24, 2.45) is 5.41 Å². The Labute approximate surface area is 235 Å². The Morgan fingerprint density at radius 3 is 2.73 bits per heavy atom. The maximum Gasteiger partial charge on any atom is 0.313 e. The lowest BCUT2D eigenvalue weighted by atomic mass is 9.82. The van der Waals surface area contributed by atoms with Crippen molar-refractivity contribution >= 4 is 11.8 Å². The first-order valence-corrected chi connectivity index (χ1v) is 13.8. The molecule has 0 radical (unpaired) electrons. The molecule has 0 aliphatic carbocycles. The van der Waals surface area contributed by atoms with Gasteiger partial charge in [-0.1, -0.05) is 18.2 Å². The van der Waals surface area contributed by atoms with Gasteiger partial charge in [-0.05, 0) is 86.7 Å². The fourth-order valence-electron chi connectivity index (χ4n) is 6.14. The first-order valence-electron chi connectivity index (χ1n) is 13.8. The van der Waals surface area contributed by atoms with Gasteiger partial charge >= 0.3 is 5.97 Å². The normalized spacial score (nSPS) is 20.4. The largest absolute Gasteiger partial charge is 0.488 e. The summed E-state index contributed by atoms with van der Waals surface area (Å²) < 4.78 is 32.5. The van der Waals surface area contributed by atoms with E-state index in [1.165, 1.54) is 7.11 Å². The van der Waals surface area contributed by atoms with E-state index in [1.54, 1.807) is 7.11 Å². The van der Waals surface area contributed by atoms with Crippen molar-refractivity contribution in [1.29, 1.82) is 0 Å². The summed E-state index contributed by atoms with van der Waals surface area (Å²) in [6.07, 6.45) is 1.32. The van der Waals surface area contributed by atoms with E-state index in [4.69, 9.17) is 19.2 Å². The number of carbonyl (C=O) groups excluding carboxylic acids is 1. The number of carbonyl (C=O) groups is 1. The molecule has 2 atom stereocenters. The SMILES string of the molecule is COCC1N(c2cccc(-c3cccc(C)c3OCc3cc(C)c4c(c3F)CCNC4)n2)CC[C@@]1(C)C(=O)OC. The number of nitrogens with one attached hydrogen (secondary N) is 1. The van der Waals surface area contributed by atoms with Gasteiger partial charge < -0.3 is 24.4 Å². The Kier molecular flexibility index (Phi) is 8.10. The molecule has 3 aromatic rings. The molecule has 8 heteroatoms. The number of halogens is 1. The second-order valence-electron chi connectivity index (χ2n) is 11.0. The quantitative estimate of drug-likeness (QED) is 0.392. The van der Waals surface area contributed by atoms with Gasteiger partial charge in [-0.15, -0.1) is 0 Å². The number of esters is 1. The number of hydrogen-bond acceptors (Lipinski definition) is 7. The minimum Gasteiger partial charge on any atom is -0.488 e. The third kappa shape index (κ3) is 5.06. The lowest BCUT2D eigenvalue weighted by Gasteiger charge is -2.33. The molecule has 1 saturated heterocycles. The number of rotatable bonds is 8. The van der Waals surface area contributed by atoms with Gasteiger partial charge in [0.25, 0.3) is 0 Å². The molecule has 2 aromatic carbocycles. The summed E-state index contributed by atoms with van der Waals surface area (Å²) in [5.41, 5.74) is 5.32. The monoisotopic (exact) mass is 547 g/mol. The topological polar surface area (TPSA) is 72.9 Å². The molecule has 0 saturated carbocycles. The van der Waals surface area contributed by atoms with Crippen LogP contribution in [0.15, 0.2) is 42.5 Å². The number of nitrogens with zero attached hydrogens (tertiary/aromatic N) is 2. The zero-order chi connectivity index (χ0) is 28.4. The number of para-hydroxylation sites is 1. The second-order valence-corrected chi connectivity index (χ2v) is 11.0. The average Bonchev–Trinajstić information content (AvgIpc) is 3.31. The predicted molar refractivity (Wildman–Crippen MR) is 153 cm³/mol. The number of pyridine rings is 1. The summed E-state index contributed by atoms with van der Waals surface area (Å²) in [4.78, 5) is 19.8. The Balaban J connectivity index is 1.45. The molecule has 1 aromatic heterocycles. The van der Waals surface area contributed by atoms with Crippen LogP contribution < -0.4 is 15.0 Å². The summed E-state index contributed by atoms with van der Waals surface area (Å²) in [6, 6.07) is 13.5. The van der Waals surface area contributed by atoms with Crippen LogP contribution in [0.1, 0.15) is 41.2 Å². The summed E-state index contributed by atoms with van der Waals surface area (Å²) in [5, 5.41) is 3.33. The number of benzene rings is 2. The highest BCUT2D eigenvalue weighted by Gasteiger charge is 2.50. The maximum atomic E-state index is 15.5. The lowest BCUT2D eigenvalue weighted by Crippen LogP contribution is -2.46. The molecule has 1 N–H and O–H groups in total. The Hall–Kier alpha value is -3.49. The summed E-state index contributed by atoms with van der Waals surface area (Å²) in [6.45, 7) is 8.58. The molecule has 2 aliphatic heterocycles. The van der Waals surface area contributed by atoms with Crippen LogP contribution in [0.4, 0.5) is 10.2 Å². The van der Waals surface area contributed by atoms with Gasteiger partial charge in [0.15, 0.2) is 0 Å². The summed E-state index contributed by atoms with van der Waals surface area (Å²) in [7, 11) is 3.06. The molecule has 7 nitrogen and oxygen atoms in total. The van der Waals surface area contributed by atoms with Crippen LogP contribution in [0.25, 0.3) is 11.3 Å². The number of hydrogen-bond donors (Lipinski definition) is 1. The highest BCUT2D eigenvalue weighted by Crippen LogP contribution is 2.41. The summed E-state index contributed by atoms with van der Waals surface area (Å²) in [5.74, 6) is 1.02. The number of methoxy groups -OCH3 is 2. The van der Waals surface area contributed by atoms with Crippen molar-refractivity contribution in [2.45, 2.75) is 52.8 Å². The summed E-state index contributed by atoms with van der Waals surface area (Å²) >= 11 is 0. The van der Waals surface area contributed by atoms with E-state index in [1.807, 2.05) is 63.2 Å². The van der Waals surface area contributed by atoms with E-state index in [9.17, 15) is 4.79 Å². The third-order valence-corrected chi connectivity index (χ3v) is 8.48. The van der Waals surface area contributed by atoms with Gasteiger partial charge in [0.1, 0.15) is 24.0 Å². The zero-order valence-electron chi connectivity index (χ0n) is 24.0. The minimum absolute atomic E-state index is 0.129. The Morgan fingerprint density at radius 1 is 1.15 bits per heavy atom. The molecule has 1 unspecified atom stereocenters.